The van der Waals surface area contributed by atoms with Gasteiger partial charge in [0.15, 0.2) is 11.5 Å². The fraction of sp³-hybridized carbons (Fsp3) is 0.429. The predicted octanol–water partition coefficient (Wildman–Crippen LogP) is 1.53. The third-order valence-corrected chi connectivity index (χ3v) is 3.34. The number of hydrogen-bond donors (Lipinski definition) is 2. The standard InChI is InChI=1S/C14H20N2O2/c1-3-12(16-9-7-15-8-10-16)11-5-4-6-13(18-2)14(11)17/h3-6,12,15,17H,1,7-10H2,2H3/t12-/m0/s1. The first-order valence-electron chi connectivity index (χ1n) is 6.21. The van der Waals surface area contributed by atoms with Gasteiger partial charge in [0.1, 0.15) is 0 Å². The molecule has 1 aromatic rings. The average molecular weight is 248 g/mol. The topological polar surface area (TPSA) is 44.7 Å². The molecule has 1 atom stereocenters. The zero-order chi connectivity index (χ0) is 13.0. The maximum absolute atomic E-state index is 10.2. The molecule has 1 aliphatic heterocycles. The highest BCUT2D eigenvalue weighted by Gasteiger charge is 2.22. The van der Waals surface area contributed by atoms with Gasteiger partial charge in [-0.05, 0) is 6.07 Å². The minimum atomic E-state index is 0.0298. The number of phenolic OH excluding ortho intramolecular Hbond substituents is 1. The number of aromatic hydroxyl groups is 1. The van der Waals surface area contributed by atoms with Crippen LogP contribution < -0.4 is 10.1 Å². The van der Waals surface area contributed by atoms with E-state index in [0.29, 0.717) is 5.75 Å². The van der Waals surface area contributed by atoms with Gasteiger partial charge in [-0.15, -0.1) is 6.58 Å². The maximum Gasteiger partial charge on any atom is 0.162 e. The van der Waals surface area contributed by atoms with Gasteiger partial charge in [0.25, 0.3) is 0 Å². The monoisotopic (exact) mass is 248 g/mol. The van der Waals surface area contributed by atoms with Gasteiger partial charge < -0.3 is 15.2 Å². The zero-order valence-corrected chi connectivity index (χ0v) is 10.7. The minimum absolute atomic E-state index is 0.0298. The van der Waals surface area contributed by atoms with Crippen LogP contribution in [0.25, 0.3) is 0 Å². The van der Waals surface area contributed by atoms with Gasteiger partial charge in [-0.2, -0.15) is 0 Å². The van der Waals surface area contributed by atoms with Crippen molar-refractivity contribution in [2.45, 2.75) is 6.04 Å². The molecule has 1 heterocycles. The summed E-state index contributed by atoms with van der Waals surface area (Å²) in [6.07, 6.45) is 1.87. The number of nitrogens with one attached hydrogen (secondary N) is 1. The molecular weight excluding hydrogens is 228 g/mol. The normalized spacial score (nSPS) is 18.3. The van der Waals surface area contributed by atoms with E-state index in [0.717, 1.165) is 31.7 Å². The van der Waals surface area contributed by atoms with Crippen LogP contribution in [-0.4, -0.2) is 43.3 Å². The Morgan fingerprint density at radius 2 is 2.17 bits per heavy atom. The highest BCUT2D eigenvalue weighted by atomic mass is 16.5. The highest BCUT2D eigenvalue weighted by molar-refractivity contribution is 5.47. The summed E-state index contributed by atoms with van der Waals surface area (Å²) in [5.41, 5.74) is 0.853. The Morgan fingerprint density at radius 1 is 1.44 bits per heavy atom. The lowest BCUT2D eigenvalue weighted by Gasteiger charge is -2.33. The Hall–Kier alpha value is -1.52. The van der Waals surface area contributed by atoms with Gasteiger partial charge >= 0.3 is 0 Å². The molecule has 2 N–H and O–H groups in total. The summed E-state index contributed by atoms with van der Waals surface area (Å²) in [7, 11) is 1.56. The molecule has 1 aliphatic rings. The van der Waals surface area contributed by atoms with E-state index in [1.807, 2.05) is 18.2 Å². The van der Waals surface area contributed by atoms with Crippen LogP contribution in [0.3, 0.4) is 0 Å². The predicted molar refractivity (Wildman–Crippen MR) is 72.0 cm³/mol. The van der Waals surface area contributed by atoms with Crippen molar-refractivity contribution in [3.05, 3.63) is 36.4 Å². The van der Waals surface area contributed by atoms with Crippen molar-refractivity contribution in [3.63, 3.8) is 0 Å². The molecule has 0 saturated carbocycles. The number of nitrogens with zero attached hydrogens (tertiary/aromatic N) is 1. The number of para-hydroxylation sites is 1. The molecular formula is C14H20N2O2. The molecule has 2 rings (SSSR count). The Balaban J connectivity index is 2.29. The first-order valence-corrected chi connectivity index (χ1v) is 6.21. The van der Waals surface area contributed by atoms with Gasteiger partial charge in [-0.3, -0.25) is 4.90 Å². The average Bonchev–Trinajstić information content (AvgIpc) is 2.43. The van der Waals surface area contributed by atoms with E-state index in [4.69, 9.17) is 4.74 Å². The summed E-state index contributed by atoms with van der Waals surface area (Å²) >= 11 is 0. The number of piperazine rings is 1. The van der Waals surface area contributed by atoms with Gasteiger partial charge in [-0.25, -0.2) is 0 Å². The van der Waals surface area contributed by atoms with Crippen molar-refractivity contribution in [2.24, 2.45) is 0 Å². The molecule has 0 aliphatic carbocycles. The van der Waals surface area contributed by atoms with Crippen molar-refractivity contribution < 1.29 is 9.84 Å². The van der Waals surface area contributed by atoms with E-state index in [2.05, 4.69) is 16.8 Å². The lowest BCUT2D eigenvalue weighted by molar-refractivity contribution is 0.200. The third-order valence-electron chi connectivity index (χ3n) is 3.34. The Kier molecular flexibility index (Phi) is 4.23. The second kappa shape index (κ2) is 5.89. The number of methoxy groups -OCH3 is 1. The molecule has 98 valence electrons. The largest absolute Gasteiger partial charge is 0.504 e. The van der Waals surface area contributed by atoms with Gasteiger partial charge in [-0.1, -0.05) is 18.2 Å². The smallest absolute Gasteiger partial charge is 0.162 e. The van der Waals surface area contributed by atoms with Crippen LogP contribution in [0.4, 0.5) is 0 Å². The van der Waals surface area contributed by atoms with E-state index in [1.54, 1.807) is 13.2 Å². The number of benzene rings is 1. The number of phenols is 1. The SMILES string of the molecule is C=C[C@@H](c1cccc(OC)c1O)N1CCNCC1. The van der Waals surface area contributed by atoms with E-state index < -0.39 is 0 Å². The summed E-state index contributed by atoms with van der Waals surface area (Å²) in [6.45, 7) is 7.73. The summed E-state index contributed by atoms with van der Waals surface area (Å²) in [5, 5.41) is 13.5. The first kappa shape index (κ1) is 12.9. The molecule has 1 fully saturated rings. The molecule has 0 amide bonds. The minimum Gasteiger partial charge on any atom is -0.504 e. The first-order chi connectivity index (χ1) is 8.77. The summed E-state index contributed by atoms with van der Waals surface area (Å²) in [6, 6.07) is 5.61. The van der Waals surface area contributed by atoms with Crippen LogP contribution in [0.5, 0.6) is 11.5 Å². The quantitative estimate of drug-likeness (QED) is 0.793. The van der Waals surface area contributed by atoms with Crippen LogP contribution in [0.2, 0.25) is 0 Å². The zero-order valence-electron chi connectivity index (χ0n) is 10.7. The lowest BCUT2D eigenvalue weighted by Crippen LogP contribution is -2.44. The third kappa shape index (κ3) is 2.49. The molecule has 1 aromatic carbocycles. The maximum atomic E-state index is 10.2. The number of ether oxygens (including phenoxy) is 1. The molecule has 4 nitrogen and oxygen atoms in total. The molecule has 0 aromatic heterocycles. The van der Waals surface area contributed by atoms with Gasteiger partial charge in [0, 0.05) is 31.7 Å². The number of hydrogen-bond acceptors (Lipinski definition) is 4. The molecule has 4 heteroatoms. The fourth-order valence-electron chi connectivity index (χ4n) is 2.38. The van der Waals surface area contributed by atoms with Crippen LogP contribution >= 0.6 is 0 Å². The second-order valence-electron chi connectivity index (χ2n) is 4.36. The van der Waals surface area contributed by atoms with E-state index in [1.165, 1.54) is 0 Å². The van der Waals surface area contributed by atoms with Crippen molar-refractivity contribution in [3.8, 4) is 11.5 Å². The van der Waals surface area contributed by atoms with Gasteiger partial charge in [0.05, 0.1) is 13.2 Å². The number of rotatable bonds is 4. The molecule has 0 bridgehead atoms. The van der Waals surface area contributed by atoms with Gasteiger partial charge in [0.2, 0.25) is 0 Å². The Bertz CT molecular complexity index is 414. The van der Waals surface area contributed by atoms with E-state index >= 15 is 0 Å². The summed E-state index contributed by atoms with van der Waals surface area (Å²) < 4.78 is 5.15. The molecule has 1 saturated heterocycles. The van der Waals surface area contributed by atoms with Crippen LogP contribution in [0.15, 0.2) is 30.9 Å². The summed E-state index contributed by atoms with van der Waals surface area (Å²) in [4.78, 5) is 2.30. The van der Waals surface area contributed by atoms with Crippen LogP contribution in [-0.2, 0) is 0 Å². The van der Waals surface area contributed by atoms with Crippen molar-refractivity contribution >= 4 is 0 Å². The molecule has 0 unspecified atom stereocenters. The molecule has 0 radical (unpaired) electrons. The molecule has 18 heavy (non-hydrogen) atoms. The second-order valence-corrected chi connectivity index (χ2v) is 4.36. The highest BCUT2D eigenvalue weighted by Crippen LogP contribution is 2.36. The van der Waals surface area contributed by atoms with Crippen molar-refractivity contribution in [1.29, 1.82) is 0 Å². The van der Waals surface area contributed by atoms with Crippen molar-refractivity contribution in [2.75, 3.05) is 33.3 Å². The lowest BCUT2D eigenvalue weighted by atomic mass is 10.0. The van der Waals surface area contributed by atoms with E-state index in [-0.39, 0.29) is 11.8 Å². The van der Waals surface area contributed by atoms with Crippen LogP contribution in [0, 0.1) is 0 Å². The van der Waals surface area contributed by atoms with Crippen LogP contribution in [0.1, 0.15) is 11.6 Å². The van der Waals surface area contributed by atoms with E-state index in [9.17, 15) is 5.11 Å². The molecule has 0 spiro atoms. The summed E-state index contributed by atoms with van der Waals surface area (Å²) in [5.74, 6) is 0.720. The Morgan fingerprint density at radius 3 is 2.78 bits per heavy atom. The Labute approximate surface area is 108 Å². The fourth-order valence-corrected chi connectivity index (χ4v) is 2.38. The van der Waals surface area contributed by atoms with Crippen molar-refractivity contribution in [1.82, 2.24) is 10.2 Å².